The van der Waals surface area contributed by atoms with Crippen LogP contribution in [0.25, 0.3) is 0 Å². The molecular weight excluding hydrogens is 521 g/mol. The molecule has 1 aliphatic rings. The van der Waals surface area contributed by atoms with Crippen molar-refractivity contribution in [2.24, 2.45) is 0 Å². The molecule has 0 bridgehead atoms. The second-order valence-electron chi connectivity index (χ2n) is 8.55. The summed E-state index contributed by atoms with van der Waals surface area (Å²) >= 11 is 0. The first-order chi connectivity index (χ1) is 16.8. The summed E-state index contributed by atoms with van der Waals surface area (Å²) in [5, 5.41) is 9.43. The van der Waals surface area contributed by atoms with E-state index >= 15 is 0 Å². The van der Waals surface area contributed by atoms with Crippen molar-refractivity contribution in [1.82, 2.24) is 9.62 Å². The minimum Gasteiger partial charge on any atom is -0.480 e. The number of carboxylic acids is 1. The molecule has 198 valence electrons. The predicted molar refractivity (Wildman–Crippen MR) is 125 cm³/mol. The molecule has 36 heavy (non-hydrogen) atoms. The number of alkyl halides is 3. The van der Waals surface area contributed by atoms with Gasteiger partial charge >= 0.3 is 12.1 Å². The maximum absolute atomic E-state index is 13.7. The van der Waals surface area contributed by atoms with Gasteiger partial charge < -0.3 is 5.11 Å². The first kappa shape index (κ1) is 28.1. The normalized spacial score (nSPS) is 17.1. The van der Waals surface area contributed by atoms with E-state index in [4.69, 9.17) is 0 Å². The first-order valence-corrected chi connectivity index (χ1v) is 14.2. The molecule has 1 fully saturated rings. The third-order valence-corrected chi connectivity index (χ3v) is 9.38. The highest BCUT2D eigenvalue weighted by Gasteiger charge is 2.39. The number of carboxylic acid groups (broad SMARTS) is 1. The standard InChI is InChI=1S/C23H27F3N2O6S2/c1-2-6-20(22(29)30)28-13-11-16(12-14-28)27-36(33,34)21-15-18(9-10-19(21)23(24,25)26)35(31,32)17-7-4-3-5-8-17/h3-5,7-10,15-16,20,27H,2,6,11-14H2,1H3,(H,29,30). The molecule has 1 unspecified atom stereocenters. The van der Waals surface area contributed by atoms with Crippen molar-refractivity contribution >= 4 is 25.8 Å². The van der Waals surface area contributed by atoms with Crippen molar-refractivity contribution in [2.75, 3.05) is 13.1 Å². The van der Waals surface area contributed by atoms with E-state index < -0.39 is 59.4 Å². The summed E-state index contributed by atoms with van der Waals surface area (Å²) in [6.45, 7) is 2.35. The molecule has 13 heteroatoms. The van der Waals surface area contributed by atoms with Gasteiger partial charge in [-0.05, 0) is 49.6 Å². The number of sulfone groups is 1. The summed E-state index contributed by atoms with van der Waals surface area (Å²) < 4.78 is 95.4. The van der Waals surface area contributed by atoms with Crippen molar-refractivity contribution in [2.45, 2.75) is 65.6 Å². The number of nitrogens with zero attached hydrogens (tertiary/aromatic N) is 1. The van der Waals surface area contributed by atoms with Crippen LogP contribution >= 0.6 is 0 Å². The fraction of sp³-hybridized carbons (Fsp3) is 0.435. The number of carbonyl (C=O) groups is 1. The monoisotopic (exact) mass is 548 g/mol. The number of benzene rings is 2. The summed E-state index contributed by atoms with van der Waals surface area (Å²) in [5.41, 5.74) is -1.48. The molecule has 1 saturated heterocycles. The third kappa shape index (κ3) is 6.25. The number of likely N-dealkylation sites (tertiary alicyclic amines) is 1. The lowest BCUT2D eigenvalue weighted by molar-refractivity contribution is -0.144. The summed E-state index contributed by atoms with van der Waals surface area (Å²) in [4.78, 5) is 11.3. The highest BCUT2D eigenvalue weighted by Crippen LogP contribution is 2.36. The average molecular weight is 549 g/mol. The van der Waals surface area contributed by atoms with Gasteiger partial charge in [0.1, 0.15) is 6.04 Å². The van der Waals surface area contributed by atoms with Crippen molar-refractivity contribution in [1.29, 1.82) is 0 Å². The molecule has 0 saturated carbocycles. The Hall–Kier alpha value is -2.48. The quantitative estimate of drug-likeness (QED) is 0.492. The van der Waals surface area contributed by atoms with E-state index in [-0.39, 0.29) is 30.8 Å². The largest absolute Gasteiger partial charge is 0.480 e. The topological polar surface area (TPSA) is 121 Å². The molecule has 0 radical (unpaired) electrons. The lowest BCUT2D eigenvalue weighted by atomic mass is 10.0. The van der Waals surface area contributed by atoms with E-state index in [9.17, 15) is 39.9 Å². The number of aliphatic carboxylic acids is 1. The number of hydrogen-bond acceptors (Lipinski definition) is 6. The number of hydrogen-bond donors (Lipinski definition) is 2. The van der Waals surface area contributed by atoms with Crippen LogP contribution in [0.4, 0.5) is 13.2 Å². The van der Waals surface area contributed by atoms with E-state index in [0.29, 0.717) is 25.0 Å². The Morgan fingerprint density at radius 1 is 1.06 bits per heavy atom. The molecule has 3 rings (SSSR count). The van der Waals surface area contributed by atoms with Gasteiger partial charge in [0.25, 0.3) is 0 Å². The van der Waals surface area contributed by atoms with Crippen molar-refractivity contribution in [3.63, 3.8) is 0 Å². The zero-order valence-electron chi connectivity index (χ0n) is 19.4. The Morgan fingerprint density at radius 3 is 2.19 bits per heavy atom. The molecule has 1 atom stereocenters. The number of nitrogens with one attached hydrogen (secondary N) is 1. The Kier molecular flexibility index (Phi) is 8.48. The van der Waals surface area contributed by atoms with E-state index in [1.165, 1.54) is 24.3 Å². The van der Waals surface area contributed by atoms with Gasteiger partial charge in [-0.15, -0.1) is 0 Å². The first-order valence-electron chi connectivity index (χ1n) is 11.3. The molecule has 0 amide bonds. The zero-order chi connectivity index (χ0) is 26.7. The van der Waals surface area contributed by atoms with Crippen molar-refractivity contribution < 1.29 is 39.9 Å². The van der Waals surface area contributed by atoms with E-state index in [2.05, 4.69) is 4.72 Å². The highest BCUT2D eigenvalue weighted by atomic mass is 32.2. The van der Waals surface area contributed by atoms with Gasteiger partial charge in [0, 0.05) is 19.1 Å². The van der Waals surface area contributed by atoms with Crippen molar-refractivity contribution in [3.05, 3.63) is 54.1 Å². The molecule has 2 aromatic rings. The summed E-state index contributed by atoms with van der Waals surface area (Å²) in [6, 6.07) is 7.24. The minimum atomic E-state index is -5.04. The molecule has 2 N–H and O–H groups in total. The Morgan fingerprint density at radius 2 is 1.67 bits per heavy atom. The number of sulfonamides is 1. The number of rotatable bonds is 9. The second kappa shape index (κ2) is 10.9. The second-order valence-corrected chi connectivity index (χ2v) is 12.2. The van der Waals surface area contributed by atoms with Gasteiger partial charge in [0.15, 0.2) is 0 Å². The minimum absolute atomic E-state index is 0.187. The lowest BCUT2D eigenvalue weighted by Crippen LogP contribution is -2.50. The molecule has 2 aromatic carbocycles. The SMILES string of the molecule is CCCC(C(=O)O)N1CCC(NS(=O)(=O)c2cc(S(=O)(=O)c3ccccc3)ccc2C(F)(F)F)CC1. The van der Waals surface area contributed by atoms with E-state index in [1.54, 1.807) is 11.0 Å². The fourth-order valence-corrected chi connectivity index (χ4v) is 7.15. The summed E-state index contributed by atoms with van der Waals surface area (Å²) in [6.07, 6.45) is -3.60. The van der Waals surface area contributed by atoms with Crippen LogP contribution < -0.4 is 4.72 Å². The molecule has 0 aromatic heterocycles. The average Bonchev–Trinajstić information content (AvgIpc) is 2.82. The number of halogens is 3. The predicted octanol–water partition coefficient (Wildman–Crippen LogP) is 3.53. The highest BCUT2D eigenvalue weighted by molar-refractivity contribution is 7.91. The Balaban J connectivity index is 1.90. The van der Waals surface area contributed by atoms with Crippen LogP contribution in [0.15, 0.2) is 63.2 Å². The summed E-state index contributed by atoms with van der Waals surface area (Å²) in [7, 11) is -9.04. The van der Waals surface area contributed by atoms with Gasteiger partial charge in [0.2, 0.25) is 19.9 Å². The van der Waals surface area contributed by atoms with Gasteiger partial charge in [-0.25, -0.2) is 21.6 Å². The Bertz CT molecular complexity index is 1290. The third-order valence-electron chi connectivity index (χ3n) is 6.05. The van der Waals surface area contributed by atoms with E-state index in [0.717, 1.165) is 6.07 Å². The smallest absolute Gasteiger partial charge is 0.417 e. The lowest BCUT2D eigenvalue weighted by Gasteiger charge is -2.35. The molecule has 0 aliphatic carbocycles. The van der Waals surface area contributed by atoms with Gasteiger partial charge in [0.05, 0.1) is 20.2 Å². The Labute approximate surface area is 208 Å². The maximum atomic E-state index is 13.7. The molecule has 1 aliphatic heterocycles. The maximum Gasteiger partial charge on any atom is 0.417 e. The van der Waals surface area contributed by atoms with Crippen LogP contribution in [-0.2, 0) is 30.8 Å². The fourth-order valence-electron chi connectivity index (χ4n) is 4.21. The van der Waals surface area contributed by atoms with E-state index in [1.807, 2.05) is 6.92 Å². The van der Waals surface area contributed by atoms with Gasteiger partial charge in [-0.2, -0.15) is 13.2 Å². The number of piperidine rings is 1. The van der Waals surface area contributed by atoms with Crippen LogP contribution in [0.3, 0.4) is 0 Å². The van der Waals surface area contributed by atoms with Crippen LogP contribution in [-0.4, -0.2) is 58.0 Å². The van der Waals surface area contributed by atoms with Gasteiger partial charge in [-0.3, -0.25) is 9.69 Å². The molecular formula is C23H27F3N2O6S2. The molecule has 8 nitrogen and oxygen atoms in total. The van der Waals surface area contributed by atoms with Crippen LogP contribution in [0.1, 0.15) is 38.2 Å². The van der Waals surface area contributed by atoms with Crippen LogP contribution in [0, 0.1) is 0 Å². The molecule has 1 heterocycles. The van der Waals surface area contributed by atoms with Crippen LogP contribution in [0.2, 0.25) is 0 Å². The summed E-state index contributed by atoms with van der Waals surface area (Å²) in [5.74, 6) is -0.984. The van der Waals surface area contributed by atoms with Crippen LogP contribution in [0.5, 0.6) is 0 Å². The van der Waals surface area contributed by atoms with Gasteiger partial charge in [-0.1, -0.05) is 31.5 Å². The molecule has 0 spiro atoms. The van der Waals surface area contributed by atoms with Crippen molar-refractivity contribution in [3.8, 4) is 0 Å². The zero-order valence-corrected chi connectivity index (χ0v) is 21.0.